The number of aliphatic hydroxyl groups excluding tert-OH is 2. The summed E-state index contributed by atoms with van der Waals surface area (Å²) in [6, 6.07) is -5.65. The molecule has 2 atom stereocenters. The van der Waals surface area contributed by atoms with E-state index in [1.165, 1.54) is 0 Å². The van der Waals surface area contributed by atoms with Crippen LogP contribution in [-0.2, 0) is 0 Å². The number of nitrogens with one attached hydrogen (secondary N) is 1. The summed E-state index contributed by atoms with van der Waals surface area (Å²) < 4.78 is 150. The molecule has 0 aliphatic carbocycles. The summed E-state index contributed by atoms with van der Waals surface area (Å²) in [7, 11) is 0. The van der Waals surface area contributed by atoms with E-state index in [0.29, 0.717) is 0 Å². The van der Waals surface area contributed by atoms with Gasteiger partial charge < -0.3 is 25.0 Å². The van der Waals surface area contributed by atoms with E-state index in [2.05, 4.69) is 5.32 Å². The second-order valence-corrected chi connectivity index (χ2v) is 5.50. The minimum Gasteiger partial charge on any atom is -0.491 e. The van der Waals surface area contributed by atoms with Crippen molar-refractivity contribution in [3.8, 4) is 11.5 Å². The third-order valence-electron chi connectivity index (χ3n) is 3.05. The molecule has 0 heterocycles. The number of hydrogen-bond donors (Lipinski definition) is 3. The Kier molecular flexibility index (Phi) is 2.82. The molecular formula is C22H31NO4. The molecule has 0 spiro atoms. The molecule has 5 heteroatoms. The van der Waals surface area contributed by atoms with E-state index in [1.54, 1.807) is 0 Å². The molecule has 0 aromatic heterocycles. The Bertz CT molecular complexity index is 1200. The lowest BCUT2D eigenvalue weighted by atomic mass is 10.1. The predicted octanol–water partition coefficient (Wildman–Crippen LogP) is 2.69. The molecule has 2 aromatic rings. The quantitative estimate of drug-likeness (QED) is 0.581. The highest BCUT2D eigenvalue weighted by Crippen LogP contribution is 2.17. The van der Waals surface area contributed by atoms with Crippen LogP contribution in [0.3, 0.4) is 0 Å². The normalized spacial score (nSPS) is 24.8. The Morgan fingerprint density at radius 3 is 1.48 bits per heavy atom. The van der Waals surface area contributed by atoms with Gasteiger partial charge in [0.05, 0.1) is 8.22 Å². The molecule has 0 bridgehead atoms. The predicted molar refractivity (Wildman–Crippen MR) is 108 cm³/mol. The number of rotatable bonds is 10. The van der Waals surface area contributed by atoms with Crippen molar-refractivity contribution in [1.29, 1.82) is 0 Å². The van der Waals surface area contributed by atoms with Gasteiger partial charge in [0.1, 0.15) is 36.9 Å². The van der Waals surface area contributed by atoms with Crippen LogP contribution in [0.15, 0.2) is 36.3 Å². The van der Waals surface area contributed by atoms with E-state index in [4.69, 9.17) is 34.1 Å². The number of benzene rings is 2. The standard InChI is InChI=1S/C22H31NO4/c1-15-5-16(2)8-21(7-15)26-13-19(24)11-23-12-20(25)14-27-22-9-17(3)6-18(4)10-22/h5-10,19-20,23-25H,11-14H2,1-4H3/i1D3,2D3,3D3,4D3,5D,6D,7D,8D,9D,10D. The first-order chi connectivity index (χ1) is 20.2. The molecule has 0 radical (unpaired) electrons. The van der Waals surface area contributed by atoms with Crippen LogP contribution < -0.4 is 14.8 Å². The van der Waals surface area contributed by atoms with Gasteiger partial charge in [-0.05, 0) is 73.8 Å². The zero-order valence-corrected chi connectivity index (χ0v) is 14.2. The maximum atomic E-state index is 10.3. The van der Waals surface area contributed by atoms with Gasteiger partial charge in [-0.15, -0.1) is 0 Å². The van der Waals surface area contributed by atoms with E-state index in [9.17, 15) is 10.2 Å². The van der Waals surface area contributed by atoms with E-state index in [0.717, 1.165) is 0 Å². The maximum absolute atomic E-state index is 10.3. The van der Waals surface area contributed by atoms with Crippen LogP contribution in [0, 0.1) is 27.4 Å². The molecule has 0 aliphatic rings. The fourth-order valence-electron chi connectivity index (χ4n) is 1.93. The molecule has 0 amide bonds. The van der Waals surface area contributed by atoms with Crippen molar-refractivity contribution in [3.05, 3.63) is 58.5 Å². The van der Waals surface area contributed by atoms with Crippen molar-refractivity contribution in [2.45, 2.75) is 39.6 Å². The number of ether oxygens (including phenoxy) is 2. The molecule has 0 aliphatic heterocycles. The first-order valence-electron chi connectivity index (χ1n) is 16.8. The van der Waals surface area contributed by atoms with Gasteiger partial charge in [-0.3, -0.25) is 0 Å². The highest BCUT2D eigenvalue weighted by Gasteiger charge is 2.09. The molecule has 2 rings (SSSR count). The van der Waals surface area contributed by atoms with Crippen molar-refractivity contribution in [2.75, 3.05) is 26.3 Å². The monoisotopic (exact) mass is 391 g/mol. The van der Waals surface area contributed by atoms with Gasteiger partial charge >= 0.3 is 0 Å². The second-order valence-electron chi connectivity index (χ2n) is 5.50. The second kappa shape index (κ2) is 10.3. The van der Waals surface area contributed by atoms with E-state index < -0.39 is 123 Å². The summed E-state index contributed by atoms with van der Waals surface area (Å²) in [5, 5.41) is 23.2. The molecule has 5 nitrogen and oxygen atoms in total. The van der Waals surface area contributed by atoms with Crippen molar-refractivity contribution >= 4 is 0 Å². The van der Waals surface area contributed by atoms with Crippen LogP contribution >= 0.6 is 0 Å². The van der Waals surface area contributed by atoms with Crippen LogP contribution in [0.25, 0.3) is 0 Å². The topological polar surface area (TPSA) is 71.0 Å². The van der Waals surface area contributed by atoms with Gasteiger partial charge in [0.2, 0.25) is 0 Å². The summed E-state index contributed by atoms with van der Waals surface area (Å²) in [4.78, 5) is 0. The van der Waals surface area contributed by atoms with Gasteiger partial charge in [0, 0.05) is 29.5 Å². The van der Waals surface area contributed by atoms with Gasteiger partial charge in [-0.2, -0.15) is 0 Å². The molecule has 2 unspecified atom stereocenters. The highest BCUT2D eigenvalue weighted by molar-refractivity contribution is 5.33. The van der Waals surface area contributed by atoms with Crippen molar-refractivity contribution in [3.63, 3.8) is 0 Å². The first-order valence-corrected chi connectivity index (χ1v) is 7.84. The molecule has 148 valence electrons. The molecular weight excluding hydrogens is 342 g/mol. The van der Waals surface area contributed by atoms with Gasteiger partial charge in [0.15, 0.2) is 0 Å². The van der Waals surface area contributed by atoms with E-state index >= 15 is 0 Å². The number of aliphatic hydroxyl groups is 2. The summed E-state index contributed by atoms with van der Waals surface area (Å²) >= 11 is 0. The summed E-state index contributed by atoms with van der Waals surface area (Å²) in [6.07, 6.45) is -2.85. The highest BCUT2D eigenvalue weighted by atomic mass is 16.5. The molecule has 0 saturated carbocycles. The Hall–Kier alpha value is -2.08. The van der Waals surface area contributed by atoms with Crippen LogP contribution in [0.1, 0.15) is 46.9 Å². The molecule has 27 heavy (non-hydrogen) atoms. The lowest BCUT2D eigenvalue weighted by Crippen LogP contribution is -2.37. The molecule has 0 saturated heterocycles. The van der Waals surface area contributed by atoms with Crippen molar-refractivity contribution in [1.82, 2.24) is 5.32 Å². The summed E-state index contributed by atoms with van der Waals surface area (Å²) in [5.41, 5.74) is -3.74. The Morgan fingerprint density at radius 2 is 1.15 bits per heavy atom. The minimum absolute atomic E-state index is 0.320. The largest absolute Gasteiger partial charge is 0.491 e. The first kappa shape index (κ1) is 7.39. The third kappa shape index (κ3) is 7.99. The lowest BCUT2D eigenvalue weighted by molar-refractivity contribution is 0.0857. The van der Waals surface area contributed by atoms with Crippen molar-refractivity contribution in [2.24, 2.45) is 0 Å². The summed E-state index contributed by atoms with van der Waals surface area (Å²) in [6.45, 7) is -14.3. The fourth-order valence-corrected chi connectivity index (χ4v) is 1.93. The number of hydrogen-bond acceptors (Lipinski definition) is 5. The summed E-state index contributed by atoms with van der Waals surface area (Å²) in [5.74, 6) is -1.53. The average Bonchev–Trinajstić information content (AvgIpc) is 2.79. The maximum Gasteiger partial charge on any atom is 0.119 e. The van der Waals surface area contributed by atoms with Gasteiger partial charge in [-0.25, -0.2) is 0 Å². The molecule has 0 fully saturated rings. The van der Waals surface area contributed by atoms with Gasteiger partial charge in [-0.1, -0.05) is 12.1 Å². The van der Waals surface area contributed by atoms with Gasteiger partial charge in [0.25, 0.3) is 0 Å². The Labute approximate surface area is 187 Å². The van der Waals surface area contributed by atoms with Crippen molar-refractivity contribution < 1.29 is 44.4 Å². The SMILES string of the molecule is [2H]c1c(OCC(O)CNCC(O)COc2c([2H])c(C([2H])([2H])[2H])c([2H])c(C([2H])([2H])[2H])c2[2H])c([2H])c(C([2H])([2H])[2H])c([2H])c1C([2H])([2H])[2H]. The molecule has 2 aromatic carbocycles. The average molecular weight is 392 g/mol. The minimum atomic E-state index is -3.08. The Balaban J connectivity index is 2.13. The Morgan fingerprint density at radius 1 is 0.778 bits per heavy atom. The zero-order chi connectivity index (χ0) is 35.0. The van der Waals surface area contributed by atoms with Crippen LogP contribution in [0.4, 0.5) is 0 Å². The molecule has 3 N–H and O–H groups in total. The van der Waals surface area contributed by atoms with Crippen LogP contribution in [0.5, 0.6) is 11.5 Å². The van der Waals surface area contributed by atoms with Crippen LogP contribution in [-0.4, -0.2) is 48.7 Å². The lowest BCUT2D eigenvalue weighted by Gasteiger charge is -2.17. The van der Waals surface area contributed by atoms with E-state index in [-0.39, 0.29) is 13.1 Å². The van der Waals surface area contributed by atoms with Crippen LogP contribution in [0.2, 0.25) is 0 Å². The zero-order valence-electron chi connectivity index (χ0n) is 32.2. The van der Waals surface area contributed by atoms with E-state index in [1.807, 2.05) is 0 Å². The smallest absolute Gasteiger partial charge is 0.119 e. The fraction of sp³-hybridized carbons (Fsp3) is 0.455. The third-order valence-corrected chi connectivity index (χ3v) is 3.05.